The molecule has 0 aromatic carbocycles. The summed E-state index contributed by atoms with van der Waals surface area (Å²) in [6.07, 6.45) is -3.29. The summed E-state index contributed by atoms with van der Waals surface area (Å²) < 4.78 is 62.7. The van der Waals surface area contributed by atoms with E-state index in [1.165, 1.54) is 13.8 Å². The molecule has 1 aromatic rings. The van der Waals surface area contributed by atoms with Crippen molar-refractivity contribution in [2.75, 3.05) is 11.9 Å². The van der Waals surface area contributed by atoms with Crippen LogP contribution in [-0.4, -0.2) is 30.6 Å². The Kier molecular flexibility index (Phi) is 6.34. The summed E-state index contributed by atoms with van der Waals surface area (Å²) >= 11 is 0. The van der Waals surface area contributed by atoms with Crippen LogP contribution in [0.3, 0.4) is 0 Å². The van der Waals surface area contributed by atoms with Crippen molar-refractivity contribution in [2.24, 2.45) is 0 Å². The van der Waals surface area contributed by atoms with E-state index in [4.69, 9.17) is 0 Å². The van der Waals surface area contributed by atoms with Crippen LogP contribution in [0.1, 0.15) is 39.3 Å². The van der Waals surface area contributed by atoms with Gasteiger partial charge in [-0.3, -0.25) is 4.79 Å². The van der Waals surface area contributed by atoms with Gasteiger partial charge in [0.2, 0.25) is 15.9 Å². The monoisotopic (exact) mass is 367 g/mol. The van der Waals surface area contributed by atoms with Crippen LogP contribution >= 0.6 is 0 Å². The summed E-state index contributed by atoms with van der Waals surface area (Å²) in [5.74, 6) is -1.34. The predicted molar refractivity (Wildman–Crippen MR) is 83.8 cm³/mol. The van der Waals surface area contributed by atoms with Gasteiger partial charge in [-0.25, -0.2) is 18.1 Å². The summed E-state index contributed by atoms with van der Waals surface area (Å²) in [5, 5.41) is 2.12. The van der Waals surface area contributed by atoms with Gasteiger partial charge < -0.3 is 5.32 Å². The Bertz CT molecular complexity index is 688. The smallest absolute Gasteiger partial charge is 0.309 e. The van der Waals surface area contributed by atoms with E-state index in [1.54, 1.807) is 0 Å². The number of nitrogens with one attached hydrogen (secondary N) is 2. The minimum Gasteiger partial charge on any atom is -0.309 e. The largest absolute Gasteiger partial charge is 0.433 e. The zero-order chi connectivity index (χ0) is 18.6. The number of aromatic nitrogens is 1. The summed E-state index contributed by atoms with van der Waals surface area (Å²) in [6, 6.07) is 2.98. The second-order valence-electron chi connectivity index (χ2n) is 5.62. The third kappa shape index (κ3) is 4.91. The van der Waals surface area contributed by atoms with Crippen LogP contribution in [0.2, 0.25) is 0 Å². The topological polar surface area (TPSA) is 88.2 Å². The van der Waals surface area contributed by atoms with Gasteiger partial charge >= 0.3 is 6.18 Å². The van der Waals surface area contributed by atoms with E-state index in [0.717, 1.165) is 24.6 Å². The van der Waals surface area contributed by atoms with Crippen LogP contribution in [0.4, 0.5) is 19.0 Å². The molecule has 24 heavy (non-hydrogen) atoms. The zero-order valence-corrected chi connectivity index (χ0v) is 14.4. The fourth-order valence-electron chi connectivity index (χ4n) is 1.61. The molecule has 1 aromatic heterocycles. The Labute approximate surface area is 138 Å². The van der Waals surface area contributed by atoms with Crippen molar-refractivity contribution >= 4 is 21.7 Å². The SMILES string of the molecule is CCCCNS(=O)(=O)C(C)(C)C(=O)Nc1cccc(C(F)(F)F)n1. The van der Waals surface area contributed by atoms with Crippen molar-refractivity contribution < 1.29 is 26.4 Å². The highest BCUT2D eigenvalue weighted by Crippen LogP contribution is 2.28. The average molecular weight is 367 g/mol. The molecule has 10 heteroatoms. The van der Waals surface area contributed by atoms with E-state index >= 15 is 0 Å². The lowest BCUT2D eigenvalue weighted by Gasteiger charge is -2.24. The van der Waals surface area contributed by atoms with E-state index in [-0.39, 0.29) is 12.4 Å². The molecule has 0 aliphatic heterocycles. The summed E-state index contributed by atoms with van der Waals surface area (Å²) in [7, 11) is -4.00. The molecule has 1 amide bonds. The second-order valence-corrected chi connectivity index (χ2v) is 7.94. The molecule has 0 aliphatic carbocycles. The van der Waals surface area contributed by atoms with Crippen LogP contribution < -0.4 is 10.0 Å². The molecule has 0 radical (unpaired) electrons. The Morgan fingerprint density at radius 3 is 2.42 bits per heavy atom. The highest BCUT2D eigenvalue weighted by molar-refractivity contribution is 7.91. The number of carbonyl (C=O) groups excluding carboxylic acids is 1. The van der Waals surface area contributed by atoms with Crippen LogP contribution in [0, 0.1) is 0 Å². The molecule has 1 heterocycles. The molecule has 0 atom stereocenters. The van der Waals surface area contributed by atoms with E-state index in [9.17, 15) is 26.4 Å². The number of rotatable bonds is 7. The van der Waals surface area contributed by atoms with Gasteiger partial charge in [0, 0.05) is 6.54 Å². The normalized spacial score (nSPS) is 12.9. The highest BCUT2D eigenvalue weighted by atomic mass is 32.2. The van der Waals surface area contributed by atoms with Crippen molar-refractivity contribution in [1.82, 2.24) is 9.71 Å². The number of alkyl halides is 3. The number of amides is 1. The first-order valence-corrected chi connectivity index (χ1v) is 8.75. The summed E-state index contributed by atoms with van der Waals surface area (Å²) in [5.41, 5.74) is -1.18. The lowest BCUT2D eigenvalue weighted by atomic mass is 10.2. The van der Waals surface area contributed by atoms with E-state index < -0.39 is 32.5 Å². The number of hydrogen-bond acceptors (Lipinski definition) is 4. The van der Waals surface area contributed by atoms with Crippen molar-refractivity contribution in [3.63, 3.8) is 0 Å². The molecule has 136 valence electrons. The number of unbranched alkanes of at least 4 members (excludes halogenated alkanes) is 1. The van der Waals surface area contributed by atoms with Crippen molar-refractivity contribution in [3.05, 3.63) is 23.9 Å². The van der Waals surface area contributed by atoms with Crippen LogP contribution in [0.25, 0.3) is 0 Å². The maximum Gasteiger partial charge on any atom is 0.433 e. The molecule has 0 spiro atoms. The van der Waals surface area contributed by atoms with Gasteiger partial charge in [-0.05, 0) is 32.4 Å². The molecule has 6 nitrogen and oxygen atoms in total. The summed E-state index contributed by atoms with van der Waals surface area (Å²) in [6.45, 7) is 4.40. The van der Waals surface area contributed by atoms with Crippen LogP contribution in [0.15, 0.2) is 18.2 Å². The Morgan fingerprint density at radius 1 is 1.25 bits per heavy atom. The number of anilines is 1. The average Bonchev–Trinajstić information content (AvgIpc) is 2.46. The first-order chi connectivity index (χ1) is 10.9. The number of hydrogen-bond donors (Lipinski definition) is 2. The fourth-order valence-corrected chi connectivity index (χ4v) is 2.68. The van der Waals surface area contributed by atoms with Gasteiger partial charge in [-0.2, -0.15) is 13.2 Å². The molecule has 0 saturated heterocycles. The number of carbonyl (C=O) groups is 1. The van der Waals surface area contributed by atoms with Gasteiger partial charge in [0.15, 0.2) is 4.75 Å². The summed E-state index contributed by atoms with van der Waals surface area (Å²) in [4.78, 5) is 15.5. The Hall–Kier alpha value is -1.68. The van der Waals surface area contributed by atoms with Crippen LogP contribution in [-0.2, 0) is 21.0 Å². The maximum absolute atomic E-state index is 12.6. The lowest BCUT2D eigenvalue weighted by Crippen LogP contribution is -2.50. The second kappa shape index (κ2) is 7.47. The number of pyridine rings is 1. The van der Waals surface area contributed by atoms with E-state index in [0.29, 0.717) is 6.42 Å². The van der Waals surface area contributed by atoms with Crippen molar-refractivity contribution in [3.8, 4) is 0 Å². The van der Waals surface area contributed by atoms with Crippen molar-refractivity contribution in [1.29, 1.82) is 0 Å². The van der Waals surface area contributed by atoms with Gasteiger partial charge in [0.1, 0.15) is 11.5 Å². The lowest BCUT2D eigenvalue weighted by molar-refractivity contribution is -0.141. The maximum atomic E-state index is 12.6. The molecule has 2 N–H and O–H groups in total. The predicted octanol–water partition coefficient (Wildman–Crippen LogP) is 2.54. The standard InChI is InChI=1S/C14H20F3N3O3S/c1-4-5-9-18-24(22,23)13(2,3)12(21)20-11-8-6-7-10(19-11)14(15,16)17/h6-8,18H,4-5,9H2,1-3H3,(H,19,20,21). The number of nitrogens with zero attached hydrogens (tertiary/aromatic N) is 1. The molecular weight excluding hydrogens is 347 g/mol. The molecule has 0 aliphatic rings. The fraction of sp³-hybridized carbons (Fsp3) is 0.571. The first kappa shape index (κ1) is 20.4. The third-order valence-electron chi connectivity index (χ3n) is 3.32. The molecule has 0 fully saturated rings. The molecule has 1 rings (SSSR count). The van der Waals surface area contributed by atoms with Gasteiger partial charge in [-0.15, -0.1) is 0 Å². The Balaban J connectivity index is 2.94. The molecule has 0 saturated carbocycles. The highest BCUT2D eigenvalue weighted by Gasteiger charge is 2.42. The number of sulfonamides is 1. The molecule has 0 bridgehead atoms. The van der Waals surface area contributed by atoms with E-state index in [1.807, 2.05) is 6.92 Å². The first-order valence-electron chi connectivity index (χ1n) is 7.26. The molecular formula is C14H20F3N3O3S. The van der Waals surface area contributed by atoms with E-state index in [2.05, 4.69) is 15.0 Å². The van der Waals surface area contributed by atoms with Crippen LogP contribution in [0.5, 0.6) is 0 Å². The van der Waals surface area contributed by atoms with Gasteiger partial charge in [-0.1, -0.05) is 19.4 Å². The Morgan fingerprint density at radius 2 is 1.88 bits per heavy atom. The minimum absolute atomic E-state index is 0.178. The quantitative estimate of drug-likeness (QED) is 0.725. The molecule has 0 unspecified atom stereocenters. The van der Waals surface area contributed by atoms with Crippen molar-refractivity contribution in [2.45, 2.75) is 44.5 Å². The third-order valence-corrected chi connectivity index (χ3v) is 5.44. The minimum atomic E-state index is -4.66. The van der Waals surface area contributed by atoms with Gasteiger partial charge in [0.05, 0.1) is 0 Å². The number of halogens is 3. The zero-order valence-electron chi connectivity index (χ0n) is 13.6. The van der Waals surface area contributed by atoms with Gasteiger partial charge in [0.25, 0.3) is 0 Å².